The van der Waals surface area contributed by atoms with Gasteiger partial charge in [-0.25, -0.2) is 0 Å². The highest BCUT2D eigenvalue weighted by atomic mass is 16.5. The van der Waals surface area contributed by atoms with E-state index in [1.54, 1.807) is 31.0 Å². The number of benzene rings is 4. The number of aromatic nitrogens is 8. The highest BCUT2D eigenvalue weighted by Crippen LogP contribution is 2.37. The Bertz CT molecular complexity index is 3170. The lowest BCUT2D eigenvalue weighted by atomic mass is 9.87. The van der Waals surface area contributed by atoms with Crippen molar-refractivity contribution < 1.29 is 4.74 Å². The number of hydrogen-bond donors (Lipinski definition) is 2. The molecule has 1 fully saturated rings. The zero-order valence-corrected chi connectivity index (χ0v) is 35.1. The van der Waals surface area contributed by atoms with Crippen LogP contribution in [0.1, 0.15) is 43.0 Å². The molecule has 1 aliphatic heterocycles. The van der Waals surface area contributed by atoms with E-state index in [0.29, 0.717) is 5.92 Å². The highest BCUT2D eigenvalue weighted by Gasteiger charge is 2.26. The van der Waals surface area contributed by atoms with Crippen molar-refractivity contribution in [2.45, 2.75) is 31.8 Å². The third kappa shape index (κ3) is 8.51. The Kier molecular flexibility index (Phi) is 11.1. The number of ether oxygens (including phenoxy) is 1. The van der Waals surface area contributed by atoms with Gasteiger partial charge in [0.15, 0.2) is 0 Å². The normalized spacial score (nSPS) is 14.0. The predicted octanol–water partition coefficient (Wildman–Crippen LogP) is 11.2. The van der Waals surface area contributed by atoms with Gasteiger partial charge in [-0.2, -0.15) is 0 Å². The molecule has 0 saturated carbocycles. The van der Waals surface area contributed by atoms with Crippen molar-refractivity contribution in [3.8, 4) is 22.3 Å². The third-order valence-electron chi connectivity index (χ3n) is 11.9. The Morgan fingerprint density at radius 1 is 0.571 bits per heavy atom. The molecule has 1 saturated heterocycles. The summed E-state index contributed by atoms with van der Waals surface area (Å²) in [4.78, 5) is 31.5. The second-order valence-electron chi connectivity index (χ2n) is 16.0. The van der Waals surface area contributed by atoms with Crippen molar-refractivity contribution in [1.29, 1.82) is 0 Å². The lowest BCUT2D eigenvalue weighted by Gasteiger charge is -2.32. The van der Waals surface area contributed by atoms with Crippen LogP contribution in [0.5, 0.6) is 0 Å². The predicted molar refractivity (Wildman–Crippen MR) is 252 cm³/mol. The number of nitrogens with zero attached hydrogens (tertiary/aromatic N) is 8. The van der Waals surface area contributed by atoms with Crippen molar-refractivity contribution in [2.75, 3.05) is 23.8 Å². The van der Waals surface area contributed by atoms with Gasteiger partial charge in [0.25, 0.3) is 0 Å². The van der Waals surface area contributed by atoms with Gasteiger partial charge in [-0.15, -0.1) is 0 Å². The molecule has 11 rings (SSSR count). The van der Waals surface area contributed by atoms with Crippen LogP contribution >= 0.6 is 0 Å². The molecule has 0 bridgehead atoms. The molecular formula is C52H46N10O. The molecule has 1 aliphatic rings. The van der Waals surface area contributed by atoms with Gasteiger partial charge >= 0.3 is 0 Å². The summed E-state index contributed by atoms with van der Waals surface area (Å²) >= 11 is 0. The number of rotatable bonds is 9. The van der Waals surface area contributed by atoms with Crippen LogP contribution in [-0.4, -0.2) is 52.7 Å². The minimum absolute atomic E-state index is 0.117. The van der Waals surface area contributed by atoms with Crippen LogP contribution in [0.3, 0.4) is 0 Å². The fraction of sp³-hybridized carbons (Fsp3) is 0.173. The Morgan fingerprint density at radius 3 is 1.89 bits per heavy atom. The first-order valence-corrected chi connectivity index (χ1v) is 21.3. The Morgan fingerprint density at radius 2 is 1.19 bits per heavy atom. The van der Waals surface area contributed by atoms with Crippen molar-refractivity contribution >= 4 is 55.2 Å². The molecule has 310 valence electrons. The maximum absolute atomic E-state index is 5.65. The number of pyridine rings is 3. The summed E-state index contributed by atoms with van der Waals surface area (Å²) in [6, 6.07) is 36.0. The van der Waals surface area contributed by atoms with Gasteiger partial charge in [0.2, 0.25) is 0 Å². The molecule has 4 aromatic carbocycles. The summed E-state index contributed by atoms with van der Waals surface area (Å²) in [6.07, 6.45) is 20.4. The zero-order chi connectivity index (χ0) is 42.5. The Labute approximate surface area is 365 Å². The van der Waals surface area contributed by atoms with E-state index in [2.05, 4.69) is 138 Å². The minimum Gasteiger partial charge on any atom is -0.381 e. The summed E-state index contributed by atoms with van der Waals surface area (Å²) < 4.78 is 7.80. The average Bonchev–Trinajstić information content (AvgIpc) is 3.72. The molecular weight excluding hydrogens is 781 g/mol. The van der Waals surface area contributed by atoms with Crippen LogP contribution in [0.4, 0.5) is 11.4 Å². The summed E-state index contributed by atoms with van der Waals surface area (Å²) in [5.74, 6) is 0.471. The maximum atomic E-state index is 5.65. The number of nitrogens with one attached hydrogen (secondary N) is 2. The molecule has 10 aromatic rings. The summed E-state index contributed by atoms with van der Waals surface area (Å²) in [7, 11) is 2.08. The largest absolute Gasteiger partial charge is 0.381 e. The molecule has 6 aromatic heterocycles. The molecule has 2 N–H and O–H groups in total. The summed E-state index contributed by atoms with van der Waals surface area (Å²) in [5, 5.41) is 9.75. The zero-order valence-electron chi connectivity index (χ0n) is 35.1. The molecule has 11 nitrogen and oxygen atoms in total. The summed E-state index contributed by atoms with van der Waals surface area (Å²) in [5.41, 5.74) is 14.4. The van der Waals surface area contributed by atoms with E-state index in [0.717, 1.165) is 98.2 Å². The van der Waals surface area contributed by atoms with Gasteiger partial charge in [-0.05, 0) is 120 Å². The lowest BCUT2D eigenvalue weighted by Crippen LogP contribution is -2.27. The fourth-order valence-corrected chi connectivity index (χ4v) is 8.66. The van der Waals surface area contributed by atoms with Crippen LogP contribution in [0.15, 0.2) is 165 Å². The average molecular weight is 827 g/mol. The second-order valence-corrected chi connectivity index (χ2v) is 16.0. The number of anilines is 2. The molecule has 11 heteroatoms. The Hall–Kier alpha value is -7.63. The van der Waals surface area contributed by atoms with E-state index in [4.69, 9.17) is 9.72 Å². The molecule has 0 radical (unpaired) electrons. The van der Waals surface area contributed by atoms with E-state index in [1.165, 1.54) is 16.5 Å². The fourth-order valence-electron chi connectivity index (χ4n) is 8.66. The first-order chi connectivity index (χ1) is 31.0. The van der Waals surface area contributed by atoms with Gasteiger partial charge in [-0.3, -0.25) is 34.9 Å². The quantitative estimate of drug-likeness (QED) is 0.145. The smallest absolute Gasteiger partial charge is 0.0966 e. The van der Waals surface area contributed by atoms with Crippen molar-refractivity contribution in [1.82, 2.24) is 39.5 Å². The van der Waals surface area contributed by atoms with E-state index in [9.17, 15) is 0 Å². The topological polar surface area (TPSA) is 128 Å². The van der Waals surface area contributed by atoms with E-state index >= 15 is 0 Å². The first-order valence-electron chi connectivity index (χ1n) is 21.3. The van der Waals surface area contributed by atoms with Crippen molar-refractivity contribution in [3.63, 3.8) is 0 Å². The van der Waals surface area contributed by atoms with Gasteiger partial charge in [0.05, 0.1) is 39.7 Å². The molecule has 2 unspecified atom stereocenters. The first kappa shape index (κ1) is 39.5. The third-order valence-corrected chi connectivity index (χ3v) is 11.9. The number of hydrogen-bond acceptors (Lipinski definition) is 10. The molecule has 7 heterocycles. The second kappa shape index (κ2) is 17.8. The van der Waals surface area contributed by atoms with Crippen LogP contribution in [0.2, 0.25) is 0 Å². The van der Waals surface area contributed by atoms with E-state index < -0.39 is 0 Å². The summed E-state index contributed by atoms with van der Waals surface area (Å²) in [6.45, 7) is 3.72. The van der Waals surface area contributed by atoms with Crippen LogP contribution in [-0.2, 0) is 11.8 Å². The number of fused-ring (bicyclic) bond motifs is 4. The van der Waals surface area contributed by atoms with Crippen LogP contribution in [0.25, 0.3) is 66.1 Å². The van der Waals surface area contributed by atoms with Gasteiger partial charge < -0.3 is 19.9 Å². The molecule has 0 amide bonds. The monoisotopic (exact) mass is 826 g/mol. The van der Waals surface area contributed by atoms with Gasteiger partial charge in [0.1, 0.15) is 0 Å². The molecule has 63 heavy (non-hydrogen) atoms. The molecule has 2 atom stereocenters. The van der Waals surface area contributed by atoms with Crippen LogP contribution in [0, 0.1) is 5.92 Å². The van der Waals surface area contributed by atoms with E-state index in [1.807, 2.05) is 55.1 Å². The lowest BCUT2D eigenvalue weighted by molar-refractivity contribution is 0.0605. The molecule has 0 aliphatic carbocycles. The van der Waals surface area contributed by atoms with Gasteiger partial charge in [0, 0.05) is 116 Å². The Balaban J connectivity index is 0.000000152. The van der Waals surface area contributed by atoms with Crippen molar-refractivity contribution in [2.24, 2.45) is 13.0 Å². The SMILES string of the molecule is CC(Nc1cc(-c2ccc3ncccc3c2)c2nccnc2c1)c1cccnc1.Cn1ccc2ccc(-c3cc(NC(c4cccnc4)C4CCOCC4)cc4nccnc34)cc21. The standard InChI is InChI=1S/C28H27N5O.C24H19N5/c1-33-12-6-19-4-5-21(15-26(19)33)24-16-23(17-25-28(24)31-11-10-30-25)32-27(20-7-13-34-14-8-20)22-3-2-9-29-18-22;1-16(19-5-2-8-25-15-19)29-20-13-21(24-23(14-20)27-10-11-28-24)17-6-7-22-18(12-17)4-3-9-26-22/h2-6,9-12,15-18,20,27,32H,7-8,13-14H2,1H3;2-16,29H,1H3. The highest BCUT2D eigenvalue weighted by molar-refractivity contribution is 5.98. The van der Waals surface area contributed by atoms with Crippen molar-refractivity contribution in [3.05, 3.63) is 176 Å². The van der Waals surface area contributed by atoms with E-state index in [-0.39, 0.29) is 12.1 Å². The minimum atomic E-state index is 0.117. The van der Waals surface area contributed by atoms with Gasteiger partial charge in [-0.1, -0.05) is 36.4 Å². The number of aryl methyl sites for hydroxylation is 1. The molecule has 0 spiro atoms. The van der Waals surface area contributed by atoms with Crippen LogP contribution < -0.4 is 10.6 Å². The maximum Gasteiger partial charge on any atom is 0.0966 e.